The van der Waals surface area contributed by atoms with Crippen LogP contribution in [0.3, 0.4) is 0 Å². The molecule has 1 aliphatic rings. The number of phenolic OH excluding ortho intramolecular Hbond substituents is 1. The van der Waals surface area contributed by atoms with Gasteiger partial charge in [0.25, 0.3) is 0 Å². The van der Waals surface area contributed by atoms with Gasteiger partial charge in [0.05, 0.1) is 17.3 Å². The molecule has 6 heteroatoms. The highest BCUT2D eigenvalue weighted by atomic mass is 32.1. The zero-order valence-corrected chi connectivity index (χ0v) is 19.1. The molecule has 5 rings (SSSR count). The molecule has 4 aromatic rings. The molecule has 0 unspecified atom stereocenters. The van der Waals surface area contributed by atoms with Gasteiger partial charge in [-0.2, -0.15) is 0 Å². The quantitative estimate of drug-likeness (QED) is 0.439. The van der Waals surface area contributed by atoms with E-state index in [1.54, 1.807) is 24.5 Å². The van der Waals surface area contributed by atoms with Crippen molar-refractivity contribution in [1.29, 1.82) is 0 Å². The van der Waals surface area contributed by atoms with Crippen LogP contribution >= 0.6 is 11.3 Å². The predicted molar refractivity (Wildman–Crippen MR) is 129 cm³/mol. The summed E-state index contributed by atoms with van der Waals surface area (Å²) in [7, 11) is 1.71. The first-order valence-corrected chi connectivity index (χ1v) is 11.6. The molecule has 0 saturated carbocycles. The van der Waals surface area contributed by atoms with E-state index in [1.807, 2.05) is 36.4 Å². The molecule has 1 atom stereocenters. The van der Waals surface area contributed by atoms with Crippen LogP contribution < -0.4 is 9.47 Å². The fourth-order valence-corrected chi connectivity index (χ4v) is 5.29. The monoisotopic (exact) mass is 446 g/mol. The highest BCUT2D eigenvalue weighted by Crippen LogP contribution is 2.40. The fraction of sp³-hybridized carbons (Fsp3) is 0.269. The third-order valence-corrected chi connectivity index (χ3v) is 7.10. The largest absolute Gasteiger partial charge is 0.504 e. The van der Waals surface area contributed by atoms with Crippen LogP contribution in [0.25, 0.3) is 20.8 Å². The molecule has 0 radical (unpaired) electrons. The molecular formula is C26H26N2O3S. The van der Waals surface area contributed by atoms with Crippen LogP contribution in [-0.4, -0.2) is 41.3 Å². The summed E-state index contributed by atoms with van der Waals surface area (Å²) >= 11 is 1.64. The predicted octanol–water partition coefficient (Wildman–Crippen LogP) is 5.50. The Balaban J connectivity index is 1.43. The zero-order valence-electron chi connectivity index (χ0n) is 18.2. The Morgan fingerprint density at radius 2 is 1.97 bits per heavy atom. The Morgan fingerprint density at radius 3 is 2.81 bits per heavy atom. The van der Waals surface area contributed by atoms with Gasteiger partial charge < -0.3 is 14.6 Å². The number of phenols is 1. The van der Waals surface area contributed by atoms with Gasteiger partial charge in [-0.05, 0) is 49.2 Å². The van der Waals surface area contributed by atoms with Crippen LogP contribution in [-0.2, 0) is 13.0 Å². The van der Waals surface area contributed by atoms with Crippen molar-refractivity contribution < 1.29 is 14.6 Å². The normalized spacial score (nSPS) is 15.1. The lowest BCUT2D eigenvalue weighted by atomic mass is 10.0. The van der Waals surface area contributed by atoms with Gasteiger partial charge in [0.2, 0.25) is 0 Å². The average molecular weight is 447 g/mol. The van der Waals surface area contributed by atoms with Crippen LogP contribution in [0.5, 0.6) is 17.2 Å². The molecule has 1 aromatic heterocycles. The molecular weight excluding hydrogens is 420 g/mol. The highest BCUT2D eigenvalue weighted by Gasteiger charge is 2.24. The maximum atomic E-state index is 10.7. The molecule has 5 nitrogen and oxygen atoms in total. The maximum Gasteiger partial charge on any atom is 0.165 e. The number of benzene rings is 3. The molecule has 0 spiro atoms. The van der Waals surface area contributed by atoms with E-state index in [-0.39, 0.29) is 11.8 Å². The van der Waals surface area contributed by atoms with Crippen molar-refractivity contribution in [3.05, 3.63) is 71.8 Å². The molecule has 0 bridgehead atoms. The van der Waals surface area contributed by atoms with Crippen molar-refractivity contribution in [3.8, 4) is 27.8 Å². The number of ether oxygens (including phenoxy) is 2. The minimum absolute atomic E-state index is 0.177. The molecule has 0 saturated heterocycles. The number of fused-ring (bicyclic) bond motifs is 2. The molecule has 1 aliphatic heterocycles. The summed E-state index contributed by atoms with van der Waals surface area (Å²) in [5.41, 5.74) is 4.08. The minimum atomic E-state index is 0.177. The number of methoxy groups -OCH3 is 1. The van der Waals surface area contributed by atoms with Gasteiger partial charge in [0.15, 0.2) is 11.5 Å². The topological polar surface area (TPSA) is 54.8 Å². The number of aromatic hydroxyl groups is 1. The maximum absolute atomic E-state index is 10.7. The summed E-state index contributed by atoms with van der Waals surface area (Å²) in [6.45, 7) is 4.27. The van der Waals surface area contributed by atoms with Gasteiger partial charge in [-0.25, -0.2) is 4.98 Å². The van der Waals surface area contributed by atoms with E-state index in [2.05, 4.69) is 30.0 Å². The molecule has 1 N–H and O–H groups in total. The molecule has 3 aromatic carbocycles. The summed E-state index contributed by atoms with van der Waals surface area (Å²) in [4.78, 5) is 7.17. The lowest BCUT2D eigenvalue weighted by molar-refractivity contribution is 0.176. The Kier molecular flexibility index (Phi) is 5.72. The Labute approximate surface area is 191 Å². The molecule has 164 valence electrons. The van der Waals surface area contributed by atoms with Crippen molar-refractivity contribution in [3.63, 3.8) is 0 Å². The molecule has 0 amide bonds. The first-order chi connectivity index (χ1) is 15.6. The lowest BCUT2D eigenvalue weighted by Gasteiger charge is -2.27. The SMILES string of the molecule is COc1ccccc1C[C@@H](C)N1CCOc2c(O)cc(-c3nc4ccccc4s3)cc2C1. The Morgan fingerprint density at radius 1 is 1.16 bits per heavy atom. The van der Waals surface area contributed by atoms with E-state index in [0.29, 0.717) is 18.9 Å². The molecule has 0 aliphatic carbocycles. The van der Waals surface area contributed by atoms with Crippen molar-refractivity contribution in [1.82, 2.24) is 9.88 Å². The number of hydrogen-bond acceptors (Lipinski definition) is 6. The number of aromatic nitrogens is 1. The summed E-state index contributed by atoms with van der Waals surface area (Å²) in [5, 5.41) is 11.6. The van der Waals surface area contributed by atoms with Crippen molar-refractivity contribution >= 4 is 21.6 Å². The van der Waals surface area contributed by atoms with E-state index in [1.165, 1.54) is 5.56 Å². The minimum Gasteiger partial charge on any atom is -0.504 e. The van der Waals surface area contributed by atoms with E-state index < -0.39 is 0 Å². The number of nitrogens with zero attached hydrogens (tertiary/aromatic N) is 2. The van der Waals surface area contributed by atoms with Gasteiger partial charge in [-0.15, -0.1) is 11.3 Å². The van der Waals surface area contributed by atoms with Crippen LogP contribution in [0.2, 0.25) is 0 Å². The van der Waals surface area contributed by atoms with E-state index >= 15 is 0 Å². The van der Waals surface area contributed by atoms with Crippen molar-refractivity contribution in [2.75, 3.05) is 20.3 Å². The fourth-order valence-electron chi connectivity index (χ4n) is 4.33. The summed E-state index contributed by atoms with van der Waals surface area (Å²) in [6.07, 6.45) is 0.878. The molecule has 32 heavy (non-hydrogen) atoms. The van der Waals surface area contributed by atoms with Gasteiger partial charge in [-0.3, -0.25) is 4.90 Å². The third kappa shape index (κ3) is 4.04. The average Bonchev–Trinajstić information content (AvgIpc) is 3.12. The molecule has 0 fully saturated rings. The van der Waals surface area contributed by atoms with E-state index in [0.717, 1.165) is 45.1 Å². The van der Waals surface area contributed by atoms with Crippen molar-refractivity contribution in [2.24, 2.45) is 0 Å². The van der Waals surface area contributed by atoms with Gasteiger partial charge in [0, 0.05) is 30.3 Å². The third-order valence-electron chi connectivity index (χ3n) is 6.02. The Hall–Kier alpha value is -3.09. The second-order valence-corrected chi connectivity index (χ2v) is 9.18. The first-order valence-electron chi connectivity index (χ1n) is 10.8. The smallest absolute Gasteiger partial charge is 0.165 e. The number of hydrogen-bond donors (Lipinski definition) is 1. The summed E-state index contributed by atoms with van der Waals surface area (Å²) in [6, 6.07) is 20.4. The second-order valence-electron chi connectivity index (χ2n) is 8.15. The van der Waals surface area contributed by atoms with Gasteiger partial charge in [0.1, 0.15) is 17.4 Å². The standard InChI is InChI=1S/C26H26N2O3S/c1-17(13-18-7-3-5-9-23(18)30-2)28-11-12-31-25-20(16-28)14-19(15-22(25)29)26-27-21-8-4-6-10-24(21)32-26/h3-10,14-15,17,29H,11-13,16H2,1-2H3/t17-/m1/s1. The van der Waals surface area contributed by atoms with Gasteiger partial charge >= 0.3 is 0 Å². The Bertz CT molecular complexity index is 1220. The van der Waals surface area contributed by atoms with Crippen LogP contribution in [0.1, 0.15) is 18.1 Å². The number of thiazole rings is 1. The van der Waals surface area contributed by atoms with Gasteiger partial charge in [-0.1, -0.05) is 30.3 Å². The van der Waals surface area contributed by atoms with Crippen molar-refractivity contribution in [2.45, 2.75) is 25.9 Å². The summed E-state index contributed by atoms with van der Waals surface area (Å²) in [5.74, 6) is 1.68. The summed E-state index contributed by atoms with van der Waals surface area (Å²) < 4.78 is 12.6. The van der Waals surface area contributed by atoms with Crippen LogP contribution in [0.15, 0.2) is 60.7 Å². The lowest BCUT2D eigenvalue weighted by Crippen LogP contribution is -2.35. The van der Waals surface area contributed by atoms with E-state index in [9.17, 15) is 5.11 Å². The number of rotatable bonds is 5. The zero-order chi connectivity index (χ0) is 22.1. The number of para-hydroxylation sites is 2. The van der Waals surface area contributed by atoms with Crippen LogP contribution in [0.4, 0.5) is 0 Å². The molecule has 2 heterocycles. The second kappa shape index (κ2) is 8.81. The van der Waals surface area contributed by atoms with Crippen LogP contribution in [0, 0.1) is 0 Å². The highest BCUT2D eigenvalue weighted by molar-refractivity contribution is 7.21. The first kappa shape index (κ1) is 20.8. The van der Waals surface area contributed by atoms with E-state index in [4.69, 9.17) is 14.5 Å².